The van der Waals surface area contributed by atoms with E-state index in [0.717, 1.165) is 21.0 Å². The number of aryl methyl sites for hydroxylation is 2. The van der Waals surface area contributed by atoms with Crippen LogP contribution in [0.15, 0.2) is 77.7 Å². The highest BCUT2D eigenvalue weighted by Gasteiger charge is 2.34. The third-order valence-corrected chi connectivity index (χ3v) is 8.39. The summed E-state index contributed by atoms with van der Waals surface area (Å²) in [6.07, 6.45) is 0.354. The van der Waals surface area contributed by atoms with Crippen molar-refractivity contribution in [2.24, 2.45) is 0 Å². The minimum Gasteiger partial charge on any atom is -0.352 e. The lowest BCUT2D eigenvalue weighted by atomic mass is 10.1. The zero-order valence-corrected chi connectivity index (χ0v) is 24.6. The Bertz CT molecular complexity index is 1390. The van der Waals surface area contributed by atoms with Crippen molar-refractivity contribution in [1.29, 1.82) is 0 Å². The first kappa shape index (κ1) is 30.2. The van der Waals surface area contributed by atoms with E-state index in [1.54, 1.807) is 36.4 Å². The van der Waals surface area contributed by atoms with Crippen molar-refractivity contribution >= 4 is 39.1 Å². The van der Waals surface area contributed by atoms with Gasteiger partial charge < -0.3 is 10.2 Å². The Morgan fingerprint density at radius 3 is 2.00 bits per heavy atom. The zero-order chi connectivity index (χ0) is 28.7. The molecule has 0 fully saturated rings. The van der Waals surface area contributed by atoms with E-state index in [1.165, 1.54) is 17.0 Å². The molecule has 0 aromatic heterocycles. The van der Waals surface area contributed by atoms with Gasteiger partial charge in [-0.25, -0.2) is 8.42 Å². The summed E-state index contributed by atoms with van der Waals surface area (Å²) in [7, 11) is -4.17. The monoisotopic (exact) mass is 569 g/mol. The van der Waals surface area contributed by atoms with E-state index >= 15 is 0 Å². The van der Waals surface area contributed by atoms with Crippen molar-refractivity contribution in [3.8, 4) is 0 Å². The van der Waals surface area contributed by atoms with Crippen molar-refractivity contribution in [3.63, 3.8) is 0 Å². The summed E-state index contributed by atoms with van der Waals surface area (Å²) in [4.78, 5) is 28.7. The maximum absolute atomic E-state index is 14.0. The lowest BCUT2D eigenvalue weighted by molar-refractivity contribution is -0.140. The van der Waals surface area contributed by atoms with E-state index in [-0.39, 0.29) is 34.1 Å². The highest BCUT2D eigenvalue weighted by atomic mass is 35.5. The molecular formula is C30H36ClN3O4S. The van der Waals surface area contributed by atoms with Gasteiger partial charge in [-0.3, -0.25) is 13.9 Å². The molecule has 0 saturated carbocycles. The number of sulfonamides is 1. The molecule has 0 heterocycles. The average molecular weight is 570 g/mol. The second-order valence-corrected chi connectivity index (χ2v) is 12.1. The Labute approximate surface area is 236 Å². The molecule has 0 aliphatic heterocycles. The molecule has 0 saturated heterocycles. The highest BCUT2D eigenvalue weighted by Crippen LogP contribution is 2.31. The van der Waals surface area contributed by atoms with Crippen LogP contribution in [0.5, 0.6) is 0 Å². The summed E-state index contributed by atoms with van der Waals surface area (Å²) in [6, 6.07) is 19.7. The normalized spacial score (nSPS) is 12.2. The molecule has 1 N–H and O–H groups in total. The number of nitrogens with zero attached hydrogens (tertiary/aromatic N) is 2. The van der Waals surface area contributed by atoms with Gasteiger partial charge in [-0.2, -0.15) is 0 Å². The largest absolute Gasteiger partial charge is 0.352 e. The van der Waals surface area contributed by atoms with E-state index < -0.39 is 28.5 Å². The third kappa shape index (κ3) is 7.61. The molecule has 7 nitrogen and oxygen atoms in total. The molecule has 2 amide bonds. The van der Waals surface area contributed by atoms with Gasteiger partial charge in [-0.1, -0.05) is 78.2 Å². The molecule has 0 spiro atoms. The van der Waals surface area contributed by atoms with Crippen molar-refractivity contribution in [2.75, 3.05) is 10.8 Å². The standard InChI is InChI=1S/C30H36ClN3O4S/c1-6-27(30(36)32-21(2)3)33(19-24-15-11-22(4)12-16-24)29(35)20-34(28-10-8-7-9-26(28)31)39(37,38)25-17-13-23(5)14-18-25/h7-18,21,27H,6,19-20H2,1-5H3,(H,32,36)/t27-/m1/s1. The van der Waals surface area contributed by atoms with Gasteiger partial charge in [-0.15, -0.1) is 0 Å². The summed E-state index contributed by atoms with van der Waals surface area (Å²) < 4.78 is 28.8. The van der Waals surface area contributed by atoms with Crippen LogP contribution in [0.4, 0.5) is 5.69 Å². The fourth-order valence-corrected chi connectivity index (χ4v) is 5.92. The number of hydrogen-bond acceptors (Lipinski definition) is 4. The lowest BCUT2D eigenvalue weighted by Gasteiger charge is -2.33. The van der Waals surface area contributed by atoms with E-state index in [0.29, 0.717) is 6.42 Å². The molecule has 0 aliphatic carbocycles. The van der Waals surface area contributed by atoms with Gasteiger partial charge >= 0.3 is 0 Å². The maximum Gasteiger partial charge on any atom is 0.264 e. The Morgan fingerprint density at radius 2 is 1.46 bits per heavy atom. The Kier molecular flexibility index (Phi) is 10.2. The summed E-state index contributed by atoms with van der Waals surface area (Å²) in [5, 5.41) is 3.08. The van der Waals surface area contributed by atoms with E-state index in [9.17, 15) is 18.0 Å². The summed E-state index contributed by atoms with van der Waals surface area (Å²) >= 11 is 6.45. The molecule has 39 heavy (non-hydrogen) atoms. The number of nitrogens with one attached hydrogen (secondary N) is 1. The van der Waals surface area contributed by atoms with Gasteiger partial charge in [0.05, 0.1) is 15.6 Å². The molecule has 3 aromatic rings. The second kappa shape index (κ2) is 13.1. The van der Waals surface area contributed by atoms with Crippen molar-refractivity contribution in [1.82, 2.24) is 10.2 Å². The van der Waals surface area contributed by atoms with Gasteiger partial charge in [0.25, 0.3) is 10.0 Å². The highest BCUT2D eigenvalue weighted by molar-refractivity contribution is 7.92. The predicted octanol–water partition coefficient (Wildman–Crippen LogP) is 5.48. The van der Waals surface area contributed by atoms with E-state index in [4.69, 9.17) is 11.6 Å². The van der Waals surface area contributed by atoms with Gasteiger partial charge in [0.15, 0.2) is 0 Å². The molecular weight excluding hydrogens is 534 g/mol. The molecule has 3 aromatic carbocycles. The van der Waals surface area contributed by atoms with Gasteiger partial charge in [0, 0.05) is 12.6 Å². The van der Waals surface area contributed by atoms with Gasteiger partial charge in [0.2, 0.25) is 11.8 Å². The summed E-state index contributed by atoms with van der Waals surface area (Å²) in [5.41, 5.74) is 2.98. The SMILES string of the molecule is CC[C@H](C(=O)NC(C)C)N(Cc1ccc(C)cc1)C(=O)CN(c1ccccc1Cl)S(=O)(=O)c1ccc(C)cc1. The number of rotatable bonds is 11. The molecule has 0 unspecified atom stereocenters. The number of carbonyl (C=O) groups is 2. The Hall–Kier alpha value is -3.36. The molecule has 9 heteroatoms. The van der Waals surface area contributed by atoms with Crippen LogP contribution in [0.3, 0.4) is 0 Å². The lowest BCUT2D eigenvalue weighted by Crippen LogP contribution is -2.53. The van der Waals surface area contributed by atoms with Gasteiger partial charge in [0.1, 0.15) is 12.6 Å². The van der Waals surface area contributed by atoms with Gasteiger partial charge in [-0.05, 0) is 63.9 Å². The molecule has 0 radical (unpaired) electrons. The van der Waals surface area contributed by atoms with Crippen LogP contribution in [0.25, 0.3) is 0 Å². The summed E-state index contributed by atoms with van der Waals surface area (Å²) in [6.45, 7) is 8.97. The first-order chi connectivity index (χ1) is 18.4. The number of carbonyl (C=O) groups excluding carboxylic acids is 2. The first-order valence-corrected chi connectivity index (χ1v) is 14.7. The number of hydrogen-bond donors (Lipinski definition) is 1. The number of anilines is 1. The molecule has 1 atom stereocenters. The van der Waals surface area contributed by atoms with Crippen LogP contribution in [0.1, 0.15) is 43.9 Å². The fraction of sp³-hybridized carbons (Fsp3) is 0.333. The van der Waals surface area contributed by atoms with Crippen molar-refractivity contribution in [3.05, 3.63) is 94.5 Å². The van der Waals surface area contributed by atoms with Crippen LogP contribution in [-0.4, -0.2) is 43.8 Å². The number of para-hydroxylation sites is 1. The Morgan fingerprint density at radius 1 is 0.897 bits per heavy atom. The quantitative estimate of drug-likeness (QED) is 0.331. The number of amides is 2. The number of halogens is 1. The van der Waals surface area contributed by atoms with Crippen LogP contribution in [-0.2, 0) is 26.2 Å². The maximum atomic E-state index is 14.0. The second-order valence-electron chi connectivity index (χ2n) is 9.87. The average Bonchev–Trinajstić information content (AvgIpc) is 2.88. The van der Waals surface area contributed by atoms with Crippen LogP contribution < -0.4 is 9.62 Å². The smallest absolute Gasteiger partial charge is 0.264 e. The van der Waals surface area contributed by atoms with Crippen molar-refractivity contribution < 1.29 is 18.0 Å². The molecule has 0 bridgehead atoms. The molecule has 3 rings (SSSR count). The predicted molar refractivity (Wildman–Crippen MR) is 156 cm³/mol. The minimum atomic E-state index is -4.17. The zero-order valence-electron chi connectivity index (χ0n) is 23.0. The Balaban J connectivity index is 2.07. The third-order valence-electron chi connectivity index (χ3n) is 6.30. The van der Waals surface area contributed by atoms with Crippen molar-refractivity contribution in [2.45, 2.75) is 64.6 Å². The molecule has 0 aliphatic rings. The van der Waals surface area contributed by atoms with E-state index in [1.807, 2.05) is 58.9 Å². The minimum absolute atomic E-state index is 0.0375. The van der Waals surface area contributed by atoms with Crippen LogP contribution in [0.2, 0.25) is 5.02 Å². The van der Waals surface area contributed by atoms with E-state index in [2.05, 4.69) is 5.32 Å². The number of benzene rings is 3. The first-order valence-electron chi connectivity index (χ1n) is 12.9. The fourth-order valence-electron chi connectivity index (χ4n) is 4.20. The summed E-state index contributed by atoms with van der Waals surface area (Å²) in [5.74, 6) is -0.810. The van der Waals surface area contributed by atoms with Crippen LogP contribution >= 0.6 is 11.6 Å². The topological polar surface area (TPSA) is 86.8 Å². The molecule has 208 valence electrons. The van der Waals surface area contributed by atoms with Crippen LogP contribution in [0, 0.1) is 13.8 Å².